The highest BCUT2D eigenvalue weighted by Gasteiger charge is 2.16. The van der Waals surface area contributed by atoms with Crippen molar-refractivity contribution >= 4 is 9.84 Å². The van der Waals surface area contributed by atoms with E-state index in [1.54, 1.807) is 0 Å². The lowest BCUT2D eigenvalue weighted by atomic mass is 10.2. The summed E-state index contributed by atoms with van der Waals surface area (Å²) in [7, 11) is -2.78. The lowest BCUT2D eigenvalue weighted by Gasteiger charge is -2.26. The molecule has 1 aliphatic heterocycles. The van der Waals surface area contributed by atoms with Gasteiger partial charge in [-0.2, -0.15) is 0 Å². The van der Waals surface area contributed by atoms with Crippen LogP contribution < -0.4 is 5.32 Å². The Morgan fingerprint density at radius 2 is 2.17 bits per heavy atom. The largest absolute Gasteiger partial charge is 0.378 e. The fraction of sp³-hybridized carbons (Fsp3) is 1.00. The van der Waals surface area contributed by atoms with Crippen molar-refractivity contribution in [2.75, 3.05) is 31.8 Å². The third-order valence-electron chi connectivity index (χ3n) is 1.76. The van der Waals surface area contributed by atoms with E-state index >= 15 is 0 Å². The standard InChI is InChI=1S/C7H15NO3S/c1-12(9,10)4-2-3-8-7-5-11-6-7/h7-8H,2-6H2,1H3. The van der Waals surface area contributed by atoms with Crippen LogP contribution in [0.15, 0.2) is 0 Å². The van der Waals surface area contributed by atoms with E-state index in [1.165, 1.54) is 6.26 Å². The highest BCUT2D eigenvalue weighted by molar-refractivity contribution is 7.90. The zero-order valence-electron chi connectivity index (χ0n) is 7.25. The molecule has 1 fully saturated rings. The predicted octanol–water partition coefficient (Wildman–Crippen LogP) is -0.590. The molecule has 0 atom stereocenters. The molecule has 0 radical (unpaired) electrons. The minimum atomic E-state index is -2.78. The van der Waals surface area contributed by atoms with Crippen molar-refractivity contribution in [3.8, 4) is 0 Å². The maximum absolute atomic E-state index is 10.7. The average molecular weight is 193 g/mol. The molecule has 0 amide bonds. The first-order valence-electron chi connectivity index (χ1n) is 4.07. The molecule has 1 N–H and O–H groups in total. The van der Waals surface area contributed by atoms with Gasteiger partial charge in [-0.25, -0.2) is 8.42 Å². The third kappa shape index (κ3) is 4.04. The summed E-state index contributed by atoms with van der Waals surface area (Å²) in [5, 5.41) is 3.20. The molecule has 0 aliphatic carbocycles. The van der Waals surface area contributed by atoms with Crippen LogP contribution in [-0.4, -0.2) is 46.2 Å². The van der Waals surface area contributed by atoms with E-state index in [1.807, 2.05) is 0 Å². The van der Waals surface area contributed by atoms with Crippen molar-refractivity contribution in [3.05, 3.63) is 0 Å². The smallest absolute Gasteiger partial charge is 0.147 e. The maximum atomic E-state index is 10.7. The topological polar surface area (TPSA) is 55.4 Å². The Labute approximate surface area is 73.2 Å². The molecule has 4 nitrogen and oxygen atoms in total. The van der Waals surface area contributed by atoms with Crippen LogP contribution >= 0.6 is 0 Å². The van der Waals surface area contributed by atoms with Crippen molar-refractivity contribution in [3.63, 3.8) is 0 Å². The van der Waals surface area contributed by atoms with Crippen molar-refractivity contribution in [1.29, 1.82) is 0 Å². The average Bonchev–Trinajstić information content (AvgIpc) is 1.80. The molecule has 5 heteroatoms. The van der Waals surface area contributed by atoms with Crippen LogP contribution in [0.2, 0.25) is 0 Å². The third-order valence-corrected chi connectivity index (χ3v) is 2.79. The fourth-order valence-electron chi connectivity index (χ4n) is 0.994. The van der Waals surface area contributed by atoms with Crippen LogP contribution in [0.25, 0.3) is 0 Å². The summed E-state index contributed by atoms with van der Waals surface area (Å²) in [6.45, 7) is 2.29. The summed E-state index contributed by atoms with van der Waals surface area (Å²) in [6, 6.07) is 0.449. The van der Waals surface area contributed by atoms with Gasteiger partial charge in [0.25, 0.3) is 0 Å². The first-order chi connectivity index (χ1) is 5.58. The van der Waals surface area contributed by atoms with E-state index in [9.17, 15) is 8.42 Å². The molecule has 0 bridgehead atoms. The Bertz CT molecular complexity index is 221. The Hall–Kier alpha value is -0.130. The van der Waals surface area contributed by atoms with Crippen molar-refractivity contribution in [2.45, 2.75) is 12.5 Å². The van der Waals surface area contributed by atoms with Gasteiger partial charge >= 0.3 is 0 Å². The van der Waals surface area contributed by atoms with Gasteiger partial charge in [0.2, 0.25) is 0 Å². The molecule has 0 unspecified atom stereocenters. The van der Waals surface area contributed by atoms with Gasteiger partial charge in [0.1, 0.15) is 9.84 Å². The Morgan fingerprint density at radius 1 is 1.50 bits per heavy atom. The number of nitrogens with one attached hydrogen (secondary N) is 1. The van der Waals surface area contributed by atoms with E-state index in [0.29, 0.717) is 12.5 Å². The van der Waals surface area contributed by atoms with Gasteiger partial charge < -0.3 is 10.1 Å². The number of hydrogen-bond donors (Lipinski definition) is 1. The summed E-state index contributed by atoms with van der Waals surface area (Å²) in [5.74, 6) is 0.271. The summed E-state index contributed by atoms with van der Waals surface area (Å²) in [4.78, 5) is 0. The fourth-order valence-corrected chi connectivity index (χ4v) is 1.66. The minimum Gasteiger partial charge on any atom is -0.378 e. The van der Waals surface area contributed by atoms with Crippen LogP contribution in [0, 0.1) is 0 Å². The molecular formula is C7H15NO3S. The van der Waals surface area contributed by atoms with Gasteiger partial charge in [-0.15, -0.1) is 0 Å². The van der Waals surface area contributed by atoms with Crippen LogP contribution in [0.4, 0.5) is 0 Å². The normalized spacial score (nSPS) is 19.1. The lowest BCUT2D eigenvalue weighted by Crippen LogP contribution is -2.46. The van der Waals surface area contributed by atoms with E-state index in [2.05, 4.69) is 5.32 Å². The highest BCUT2D eigenvalue weighted by atomic mass is 32.2. The molecule has 1 saturated heterocycles. The van der Waals surface area contributed by atoms with E-state index in [0.717, 1.165) is 19.8 Å². The summed E-state index contributed by atoms with van der Waals surface area (Å²) in [5.41, 5.74) is 0. The Kier molecular flexibility index (Phi) is 3.49. The molecular weight excluding hydrogens is 178 g/mol. The van der Waals surface area contributed by atoms with Crippen LogP contribution in [0.3, 0.4) is 0 Å². The van der Waals surface area contributed by atoms with Crippen molar-refractivity contribution in [2.24, 2.45) is 0 Å². The number of ether oxygens (including phenoxy) is 1. The molecule has 1 aliphatic rings. The quantitative estimate of drug-likeness (QED) is 0.593. The molecule has 0 aromatic carbocycles. The lowest BCUT2D eigenvalue weighted by molar-refractivity contribution is -0.00475. The van der Waals surface area contributed by atoms with Gasteiger partial charge in [-0.1, -0.05) is 0 Å². The van der Waals surface area contributed by atoms with Crippen LogP contribution in [-0.2, 0) is 14.6 Å². The van der Waals surface area contributed by atoms with E-state index in [-0.39, 0.29) is 5.75 Å². The van der Waals surface area contributed by atoms with Gasteiger partial charge in [-0.05, 0) is 13.0 Å². The molecule has 1 rings (SSSR count). The monoisotopic (exact) mass is 193 g/mol. The van der Waals surface area contributed by atoms with Crippen LogP contribution in [0.5, 0.6) is 0 Å². The first-order valence-corrected chi connectivity index (χ1v) is 6.13. The Balaban J connectivity index is 1.95. The zero-order chi connectivity index (χ0) is 9.03. The van der Waals surface area contributed by atoms with E-state index < -0.39 is 9.84 Å². The number of rotatable bonds is 5. The number of hydrogen-bond acceptors (Lipinski definition) is 4. The second kappa shape index (κ2) is 4.20. The minimum absolute atomic E-state index is 0.271. The Morgan fingerprint density at radius 3 is 2.58 bits per heavy atom. The maximum Gasteiger partial charge on any atom is 0.147 e. The summed E-state index contributed by atoms with van der Waals surface area (Å²) < 4.78 is 26.4. The molecule has 1 heterocycles. The molecule has 72 valence electrons. The van der Waals surface area contributed by atoms with Gasteiger partial charge in [-0.3, -0.25) is 0 Å². The van der Waals surface area contributed by atoms with Crippen molar-refractivity contribution in [1.82, 2.24) is 5.32 Å². The molecule has 12 heavy (non-hydrogen) atoms. The first kappa shape index (κ1) is 9.95. The molecule has 0 aromatic rings. The van der Waals surface area contributed by atoms with Gasteiger partial charge in [0.05, 0.1) is 25.0 Å². The summed E-state index contributed by atoms with van der Waals surface area (Å²) in [6.07, 6.45) is 1.95. The second-order valence-electron chi connectivity index (χ2n) is 3.17. The van der Waals surface area contributed by atoms with Crippen molar-refractivity contribution < 1.29 is 13.2 Å². The molecule has 0 spiro atoms. The second-order valence-corrected chi connectivity index (χ2v) is 5.43. The predicted molar refractivity (Wildman–Crippen MR) is 46.9 cm³/mol. The van der Waals surface area contributed by atoms with Gasteiger partial charge in [0, 0.05) is 6.26 Å². The highest BCUT2D eigenvalue weighted by Crippen LogP contribution is 1.99. The SMILES string of the molecule is CS(=O)(=O)CCCNC1COC1. The number of sulfone groups is 1. The molecule has 0 saturated carbocycles. The van der Waals surface area contributed by atoms with E-state index in [4.69, 9.17) is 4.74 Å². The zero-order valence-corrected chi connectivity index (χ0v) is 8.06. The van der Waals surface area contributed by atoms with Crippen LogP contribution in [0.1, 0.15) is 6.42 Å². The van der Waals surface area contributed by atoms with Gasteiger partial charge in [0.15, 0.2) is 0 Å². The summed E-state index contributed by atoms with van der Waals surface area (Å²) >= 11 is 0. The molecule has 0 aromatic heterocycles.